The van der Waals surface area contributed by atoms with Gasteiger partial charge in [0, 0.05) is 17.3 Å². The van der Waals surface area contributed by atoms with E-state index in [9.17, 15) is 4.79 Å². The Hall–Kier alpha value is -1.29. The van der Waals surface area contributed by atoms with Crippen LogP contribution in [0.15, 0.2) is 6.20 Å². The number of nitrogens with two attached hydrogens (primary N) is 1. The third kappa shape index (κ3) is 1.36. The van der Waals surface area contributed by atoms with Gasteiger partial charge in [0.15, 0.2) is 0 Å². The van der Waals surface area contributed by atoms with Gasteiger partial charge in [0.2, 0.25) is 0 Å². The predicted molar refractivity (Wildman–Crippen MR) is 56.8 cm³/mol. The lowest BCUT2D eigenvalue weighted by Gasteiger charge is -2.21. The summed E-state index contributed by atoms with van der Waals surface area (Å²) in [4.78, 5) is 14.1. The van der Waals surface area contributed by atoms with Crippen molar-refractivity contribution in [1.29, 1.82) is 0 Å². The van der Waals surface area contributed by atoms with Gasteiger partial charge in [0.25, 0.3) is 0 Å². The first-order chi connectivity index (χ1) is 6.99. The van der Waals surface area contributed by atoms with Crippen LogP contribution in [0.2, 0.25) is 0 Å². The van der Waals surface area contributed by atoms with Crippen molar-refractivity contribution in [3.05, 3.63) is 23.0 Å². The van der Waals surface area contributed by atoms with Gasteiger partial charge in [-0.3, -0.25) is 4.79 Å². The molecule has 1 aliphatic carbocycles. The second kappa shape index (κ2) is 3.10. The van der Waals surface area contributed by atoms with E-state index in [1.54, 1.807) is 0 Å². The van der Waals surface area contributed by atoms with Gasteiger partial charge in [0.05, 0.1) is 0 Å². The van der Waals surface area contributed by atoms with Gasteiger partial charge in [-0.1, -0.05) is 0 Å². The Bertz CT molecular complexity index is 385. The van der Waals surface area contributed by atoms with Crippen LogP contribution in [-0.4, -0.2) is 22.1 Å². The van der Waals surface area contributed by atoms with E-state index in [0.29, 0.717) is 0 Å². The van der Waals surface area contributed by atoms with E-state index in [1.807, 2.05) is 20.0 Å². The Morgan fingerprint density at radius 2 is 2.20 bits per heavy atom. The number of aliphatic carboxylic acids is 1. The van der Waals surface area contributed by atoms with Gasteiger partial charge in [-0.15, -0.1) is 0 Å². The number of hydrogen-bond donors (Lipinski definition) is 3. The molecule has 0 spiro atoms. The maximum atomic E-state index is 11.0. The van der Waals surface area contributed by atoms with Crippen molar-refractivity contribution in [3.63, 3.8) is 0 Å². The van der Waals surface area contributed by atoms with Crippen molar-refractivity contribution < 1.29 is 9.90 Å². The number of rotatable bonds is 3. The van der Waals surface area contributed by atoms with Crippen LogP contribution < -0.4 is 5.73 Å². The van der Waals surface area contributed by atoms with E-state index < -0.39 is 12.0 Å². The van der Waals surface area contributed by atoms with Crippen LogP contribution in [0, 0.1) is 13.8 Å². The van der Waals surface area contributed by atoms with Crippen LogP contribution >= 0.6 is 0 Å². The highest BCUT2D eigenvalue weighted by Crippen LogP contribution is 2.52. The fourth-order valence-corrected chi connectivity index (χ4v) is 2.51. The summed E-state index contributed by atoms with van der Waals surface area (Å²) < 4.78 is 0. The summed E-state index contributed by atoms with van der Waals surface area (Å²) in [6.07, 6.45) is 3.67. The Kier molecular flexibility index (Phi) is 2.12. The van der Waals surface area contributed by atoms with Crippen molar-refractivity contribution in [2.24, 2.45) is 5.73 Å². The maximum Gasteiger partial charge on any atom is 0.321 e. The van der Waals surface area contributed by atoms with Crippen LogP contribution in [0.25, 0.3) is 0 Å². The normalized spacial score (nSPS) is 19.9. The number of hydrogen-bond acceptors (Lipinski definition) is 2. The summed E-state index contributed by atoms with van der Waals surface area (Å²) in [7, 11) is 0. The minimum Gasteiger partial charge on any atom is -0.480 e. The molecule has 1 aliphatic rings. The number of aryl methyl sites for hydroxylation is 2. The van der Waals surface area contributed by atoms with E-state index in [1.165, 1.54) is 0 Å². The van der Waals surface area contributed by atoms with Gasteiger partial charge in [-0.05, 0) is 37.8 Å². The molecule has 15 heavy (non-hydrogen) atoms. The van der Waals surface area contributed by atoms with Crippen molar-refractivity contribution in [1.82, 2.24) is 4.98 Å². The Labute approximate surface area is 88.5 Å². The van der Waals surface area contributed by atoms with Crippen LogP contribution in [-0.2, 0) is 10.2 Å². The highest BCUT2D eigenvalue weighted by atomic mass is 16.4. The summed E-state index contributed by atoms with van der Waals surface area (Å²) >= 11 is 0. The first kappa shape index (κ1) is 10.2. The fourth-order valence-electron chi connectivity index (χ4n) is 2.51. The third-order valence-electron chi connectivity index (χ3n) is 3.42. The molecule has 0 amide bonds. The number of aromatic nitrogens is 1. The SMILES string of the molecule is Cc1c[nH]c(C)c1C1(C(N)C(=O)O)CC1. The molecule has 0 saturated heterocycles. The average molecular weight is 208 g/mol. The minimum atomic E-state index is -0.910. The molecule has 4 N–H and O–H groups in total. The molecular weight excluding hydrogens is 192 g/mol. The van der Waals surface area contributed by atoms with Crippen molar-refractivity contribution in [3.8, 4) is 0 Å². The van der Waals surface area contributed by atoms with Gasteiger partial charge in [-0.25, -0.2) is 0 Å². The van der Waals surface area contributed by atoms with Crippen molar-refractivity contribution >= 4 is 5.97 Å². The first-order valence-corrected chi connectivity index (χ1v) is 5.12. The van der Waals surface area contributed by atoms with E-state index in [2.05, 4.69) is 4.98 Å². The summed E-state index contributed by atoms with van der Waals surface area (Å²) in [5.41, 5.74) is 8.72. The van der Waals surface area contributed by atoms with Crippen LogP contribution in [0.4, 0.5) is 0 Å². The number of nitrogens with one attached hydrogen (secondary N) is 1. The molecule has 0 radical (unpaired) electrons. The van der Waals surface area contributed by atoms with E-state index in [4.69, 9.17) is 10.8 Å². The average Bonchev–Trinajstić information content (AvgIpc) is 2.89. The monoisotopic (exact) mass is 208 g/mol. The second-order valence-electron chi connectivity index (χ2n) is 4.44. The highest BCUT2D eigenvalue weighted by Gasteiger charge is 2.54. The lowest BCUT2D eigenvalue weighted by Crippen LogP contribution is -2.42. The molecule has 1 atom stereocenters. The maximum absolute atomic E-state index is 11.0. The number of aromatic amines is 1. The van der Waals surface area contributed by atoms with Gasteiger partial charge in [0.1, 0.15) is 6.04 Å². The largest absolute Gasteiger partial charge is 0.480 e. The third-order valence-corrected chi connectivity index (χ3v) is 3.42. The molecule has 1 saturated carbocycles. The summed E-state index contributed by atoms with van der Waals surface area (Å²) in [6, 6.07) is -0.786. The Morgan fingerprint density at radius 1 is 1.60 bits per heavy atom. The number of carboxylic acid groups (broad SMARTS) is 1. The molecule has 1 fully saturated rings. The molecular formula is C11H16N2O2. The molecule has 1 aromatic heterocycles. The summed E-state index contributed by atoms with van der Waals surface area (Å²) in [5.74, 6) is -0.910. The van der Waals surface area contributed by atoms with Crippen molar-refractivity contribution in [2.45, 2.75) is 38.1 Å². The lowest BCUT2D eigenvalue weighted by atomic mass is 9.86. The predicted octanol–water partition coefficient (Wildman–Crippen LogP) is 1.08. The first-order valence-electron chi connectivity index (χ1n) is 5.12. The number of carbonyl (C=O) groups is 1. The van der Waals surface area contributed by atoms with Crippen LogP contribution in [0.1, 0.15) is 29.7 Å². The minimum absolute atomic E-state index is 0.319. The Balaban J connectivity index is 2.43. The quantitative estimate of drug-likeness (QED) is 0.695. The van der Waals surface area contributed by atoms with Gasteiger partial charge >= 0.3 is 5.97 Å². The van der Waals surface area contributed by atoms with Gasteiger partial charge in [-0.2, -0.15) is 0 Å². The highest BCUT2D eigenvalue weighted by molar-refractivity contribution is 5.77. The number of H-pyrrole nitrogens is 1. The molecule has 2 rings (SSSR count). The zero-order valence-corrected chi connectivity index (χ0v) is 9.00. The van der Waals surface area contributed by atoms with E-state index in [-0.39, 0.29) is 5.41 Å². The van der Waals surface area contributed by atoms with Gasteiger partial charge < -0.3 is 15.8 Å². The standard InChI is InChI=1S/C11H16N2O2/c1-6-5-13-7(2)8(6)11(3-4-11)9(12)10(14)15/h5,9,13H,3-4,12H2,1-2H3,(H,14,15). The molecule has 4 nitrogen and oxygen atoms in total. The fraction of sp³-hybridized carbons (Fsp3) is 0.545. The van der Waals surface area contributed by atoms with Crippen molar-refractivity contribution in [2.75, 3.05) is 0 Å². The summed E-state index contributed by atoms with van der Waals surface area (Å²) in [6.45, 7) is 3.96. The molecule has 82 valence electrons. The molecule has 0 bridgehead atoms. The van der Waals surface area contributed by atoms with E-state index in [0.717, 1.165) is 29.7 Å². The zero-order valence-electron chi connectivity index (χ0n) is 9.00. The topological polar surface area (TPSA) is 79.1 Å². The summed E-state index contributed by atoms with van der Waals surface area (Å²) in [5, 5.41) is 9.00. The van der Waals surface area contributed by atoms with Crippen LogP contribution in [0.5, 0.6) is 0 Å². The van der Waals surface area contributed by atoms with Crippen LogP contribution in [0.3, 0.4) is 0 Å². The molecule has 0 aromatic carbocycles. The zero-order chi connectivity index (χ0) is 11.2. The molecule has 1 unspecified atom stereocenters. The molecule has 0 aliphatic heterocycles. The Morgan fingerprint density at radius 3 is 2.53 bits per heavy atom. The number of carboxylic acids is 1. The molecule has 1 aromatic rings. The van der Waals surface area contributed by atoms with E-state index >= 15 is 0 Å². The lowest BCUT2D eigenvalue weighted by molar-refractivity contribution is -0.139. The molecule has 4 heteroatoms. The smallest absolute Gasteiger partial charge is 0.321 e. The second-order valence-corrected chi connectivity index (χ2v) is 4.44. The molecule has 1 heterocycles.